The van der Waals surface area contributed by atoms with Crippen molar-refractivity contribution in [2.75, 3.05) is 13.2 Å². The van der Waals surface area contributed by atoms with E-state index >= 15 is 0 Å². The second-order valence-corrected chi connectivity index (χ2v) is 5.84. The normalized spacial score (nSPS) is 13.2. The van der Waals surface area contributed by atoms with Crippen molar-refractivity contribution in [2.45, 2.75) is 25.8 Å². The third kappa shape index (κ3) is 4.83. The van der Waals surface area contributed by atoms with E-state index in [4.69, 9.17) is 10.5 Å². The van der Waals surface area contributed by atoms with Crippen LogP contribution >= 0.6 is 0 Å². The number of hydrogen-bond acceptors (Lipinski definition) is 3. The quantitative estimate of drug-likeness (QED) is 0.773. The fraction of sp³-hybridized carbons (Fsp3) is 0.316. The summed E-state index contributed by atoms with van der Waals surface area (Å²) in [5.41, 5.74) is 7.13. The molecule has 0 aliphatic rings. The molecule has 0 spiro atoms. The van der Waals surface area contributed by atoms with Gasteiger partial charge in [0, 0.05) is 6.54 Å². The van der Waals surface area contributed by atoms with E-state index in [1.807, 2.05) is 61.5 Å². The molecule has 1 amide bonds. The Morgan fingerprint density at radius 2 is 1.78 bits per heavy atom. The van der Waals surface area contributed by atoms with Gasteiger partial charge in [0.1, 0.15) is 11.3 Å². The van der Waals surface area contributed by atoms with Crippen molar-refractivity contribution in [3.05, 3.63) is 65.7 Å². The molecule has 2 aromatic rings. The van der Waals surface area contributed by atoms with Gasteiger partial charge in [-0.2, -0.15) is 0 Å². The number of amides is 1. The van der Waals surface area contributed by atoms with Crippen LogP contribution in [0.4, 0.5) is 0 Å². The monoisotopic (exact) mass is 312 g/mol. The van der Waals surface area contributed by atoms with E-state index in [0.29, 0.717) is 13.2 Å². The molecule has 2 aromatic carbocycles. The zero-order valence-electron chi connectivity index (χ0n) is 13.7. The van der Waals surface area contributed by atoms with Gasteiger partial charge >= 0.3 is 0 Å². The minimum absolute atomic E-state index is 0.181. The number of carbonyl (C=O) groups excluding carboxylic acids is 1. The van der Waals surface area contributed by atoms with Crippen LogP contribution in [0.15, 0.2) is 54.6 Å². The van der Waals surface area contributed by atoms with Gasteiger partial charge in [-0.15, -0.1) is 0 Å². The van der Waals surface area contributed by atoms with Gasteiger partial charge in [-0.3, -0.25) is 4.79 Å². The minimum Gasteiger partial charge on any atom is -0.494 e. The Labute approximate surface area is 137 Å². The average Bonchev–Trinajstić information content (AvgIpc) is 2.57. The second-order valence-electron chi connectivity index (χ2n) is 5.84. The molecular formula is C19H24N2O2. The molecule has 0 aromatic heterocycles. The number of ether oxygens (including phenoxy) is 1. The van der Waals surface area contributed by atoms with Crippen LogP contribution in [0.3, 0.4) is 0 Å². The van der Waals surface area contributed by atoms with Crippen molar-refractivity contribution in [1.29, 1.82) is 0 Å². The van der Waals surface area contributed by atoms with Gasteiger partial charge in [-0.25, -0.2) is 0 Å². The highest BCUT2D eigenvalue weighted by Gasteiger charge is 2.29. The Morgan fingerprint density at radius 1 is 1.13 bits per heavy atom. The molecule has 1 atom stereocenters. The van der Waals surface area contributed by atoms with Crippen molar-refractivity contribution >= 4 is 5.91 Å². The summed E-state index contributed by atoms with van der Waals surface area (Å²) in [6.45, 7) is 4.84. The molecule has 0 radical (unpaired) electrons. The first-order valence-corrected chi connectivity index (χ1v) is 7.82. The molecule has 3 N–H and O–H groups in total. The number of hydrogen-bond donors (Lipinski definition) is 2. The van der Waals surface area contributed by atoms with Crippen LogP contribution in [-0.2, 0) is 10.3 Å². The summed E-state index contributed by atoms with van der Waals surface area (Å²) < 4.78 is 5.63. The SMILES string of the molecule is Cc1ccc(OCCCNC(=O)C(C)(N)c2ccccc2)cc1. The number of benzene rings is 2. The van der Waals surface area contributed by atoms with E-state index in [-0.39, 0.29) is 5.91 Å². The van der Waals surface area contributed by atoms with Crippen LogP contribution in [-0.4, -0.2) is 19.1 Å². The van der Waals surface area contributed by atoms with Crippen molar-refractivity contribution < 1.29 is 9.53 Å². The minimum atomic E-state index is -1.03. The first-order chi connectivity index (χ1) is 11.0. The maximum atomic E-state index is 12.3. The van der Waals surface area contributed by atoms with Crippen LogP contribution in [0.25, 0.3) is 0 Å². The summed E-state index contributed by atoms with van der Waals surface area (Å²) in [6, 6.07) is 17.3. The molecule has 0 bridgehead atoms. The van der Waals surface area contributed by atoms with Crippen LogP contribution in [0, 0.1) is 6.92 Å². The lowest BCUT2D eigenvalue weighted by Crippen LogP contribution is -2.49. The van der Waals surface area contributed by atoms with Gasteiger partial charge in [0.15, 0.2) is 0 Å². The Morgan fingerprint density at radius 3 is 2.43 bits per heavy atom. The van der Waals surface area contributed by atoms with Crippen molar-refractivity contribution in [2.24, 2.45) is 5.73 Å². The fourth-order valence-electron chi connectivity index (χ4n) is 2.20. The maximum Gasteiger partial charge on any atom is 0.244 e. The second kappa shape index (κ2) is 7.79. The largest absolute Gasteiger partial charge is 0.494 e. The van der Waals surface area contributed by atoms with Gasteiger partial charge in [0.05, 0.1) is 6.61 Å². The van der Waals surface area contributed by atoms with Crippen LogP contribution in [0.2, 0.25) is 0 Å². The highest BCUT2D eigenvalue weighted by Crippen LogP contribution is 2.17. The highest BCUT2D eigenvalue weighted by molar-refractivity contribution is 5.86. The lowest BCUT2D eigenvalue weighted by Gasteiger charge is -2.24. The number of nitrogens with one attached hydrogen (secondary N) is 1. The van der Waals surface area contributed by atoms with E-state index in [1.165, 1.54) is 5.56 Å². The summed E-state index contributed by atoms with van der Waals surface area (Å²) in [5, 5.41) is 2.87. The average molecular weight is 312 g/mol. The maximum absolute atomic E-state index is 12.3. The zero-order valence-corrected chi connectivity index (χ0v) is 13.7. The number of rotatable bonds is 7. The first kappa shape index (κ1) is 17.0. The lowest BCUT2D eigenvalue weighted by molar-refractivity contribution is -0.126. The standard InChI is InChI=1S/C19H24N2O2/c1-15-9-11-17(12-10-15)23-14-6-13-21-18(22)19(2,20)16-7-4-3-5-8-16/h3-5,7-12H,6,13-14,20H2,1-2H3,(H,21,22). The van der Waals surface area contributed by atoms with Gasteiger partial charge < -0.3 is 15.8 Å². The van der Waals surface area contributed by atoms with E-state index in [9.17, 15) is 4.79 Å². The van der Waals surface area contributed by atoms with Gasteiger partial charge in [-0.1, -0.05) is 48.0 Å². The molecule has 0 fully saturated rings. The lowest BCUT2D eigenvalue weighted by atomic mass is 9.92. The predicted octanol–water partition coefficient (Wildman–Crippen LogP) is 2.75. The highest BCUT2D eigenvalue weighted by atomic mass is 16.5. The van der Waals surface area contributed by atoms with E-state index in [0.717, 1.165) is 17.7 Å². The molecule has 2 rings (SSSR count). The fourth-order valence-corrected chi connectivity index (χ4v) is 2.20. The summed E-state index contributed by atoms with van der Waals surface area (Å²) in [4.78, 5) is 12.3. The summed E-state index contributed by atoms with van der Waals surface area (Å²) in [6.07, 6.45) is 0.727. The molecule has 0 heterocycles. The first-order valence-electron chi connectivity index (χ1n) is 7.82. The predicted molar refractivity (Wildman–Crippen MR) is 92.3 cm³/mol. The Balaban J connectivity index is 1.73. The summed E-state index contributed by atoms with van der Waals surface area (Å²) in [5.74, 6) is 0.661. The molecule has 23 heavy (non-hydrogen) atoms. The van der Waals surface area contributed by atoms with E-state index in [1.54, 1.807) is 6.92 Å². The van der Waals surface area contributed by atoms with Crippen LogP contribution in [0.1, 0.15) is 24.5 Å². The molecule has 4 heteroatoms. The molecule has 0 saturated carbocycles. The van der Waals surface area contributed by atoms with Gasteiger partial charge in [-0.05, 0) is 38.0 Å². The van der Waals surface area contributed by atoms with E-state index < -0.39 is 5.54 Å². The molecule has 0 saturated heterocycles. The zero-order chi connectivity index (χ0) is 16.7. The Kier molecular flexibility index (Phi) is 5.77. The Hall–Kier alpha value is -2.33. The van der Waals surface area contributed by atoms with E-state index in [2.05, 4.69) is 5.32 Å². The van der Waals surface area contributed by atoms with Gasteiger partial charge in [0.2, 0.25) is 5.91 Å². The van der Waals surface area contributed by atoms with Crippen molar-refractivity contribution in [3.8, 4) is 5.75 Å². The number of aryl methyl sites for hydroxylation is 1. The van der Waals surface area contributed by atoms with Gasteiger partial charge in [0.25, 0.3) is 0 Å². The molecule has 0 aliphatic carbocycles. The van der Waals surface area contributed by atoms with Crippen LogP contribution in [0.5, 0.6) is 5.75 Å². The van der Waals surface area contributed by atoms with Crippen molar-refractivity contribution in [1.82, 2.24) is 5.32 Å². The number of carbonyl (C=O) groups is 1. The Bertz CT molecular complexity index is 622. The summed E-state index contributed by atoms with van der Waals surface area (Å²) in [7, 11) is 0. The number of nitrogens with two attached hydrogens (primary N) is 1. The smallest absolute Gasteiger partial charge is 0.244 e. The van der Waals surface area contributed by atoms with Crippen LogP contribution < -0.4 is 15.8 Å². The summed E-state index contributed by atoms with van der Waals surface area (Å²) >= 11 is 0. The molecule has 122 valence electrons. The van der Waals surface area contributed by atoms with Crippen molar-refractivity contribution in [3.63, 3.8) is 0 Å². The molecule has 0 aliphatic heterocycles. The molecule has 1 unspecified atom stereocenters. The molecule has 4 nitrogen and oxygen atoms in total. The third-order valence-electron chi connectivity index (χ3n) is 3.74. The topological polar surface area (TPSA) is 64.3 Å². The third-order valence-corrected chi connectivity index (χ3v) is 3.74. The molecular weight excluding hydrogens is 288 g/mol.